The van der Waals surface area contributed by atoms with Gasteiger partial charge in [-0.2, -0.15) is 0 Å². The summed E-state index contributed by atoms with van der Waals surface area (Å²) in [5, 5.41) is 16.3. The third-order valence-electron chi connectivity index (χ3n) is 4.09. The van der Waals surface area contributed by atoms with Crippen molar-refractivity contribution in [1.29, 1.82) is 0 Å². The van der Waals surface area contributed by atoms with Crippen molar-refractivity contribution in [2.45, 2.75) is 18.7 Å². The van der Waals surface area contributed by atoms with Crippen LogP contribution in [-0.4, -0.2) is 44.2 Å². The molecule has 0 aliphatic rings. The molecule has 0 aliphatic carbocycles. The number of rotatable bonds is 7. The zero-order valence-electron chi connectivity index (χ0n) is 16.0. The number of benzene rings is 2. The first-order chi connectivity index (χ1) is 13.0. The van der Waals surface area contributed by atoms with Gasteiger partial charge in [0.25, 0.3) is 5.69 Å². The number of nitro groups is 1. The van der Waals surface area contributed by atoms with E-state index in [9.17, 15) is 23.3 Å². The number of hydrogen-bond acceptors (Lipinski definition) is 6. The Bertz CT molecular complexity index is 1020. The highest BCUT2D eigenvalue weighted by Crippen LogP contribution is 2.23. The van der Waals surface area contributed by atoms with Crippen molar-refractivity contribution < 1.29 is 18.1 Å². The number of nitrogens with one attached hydrogen (secondary N) is 2. The van der Waals surface area contributed by atoms with Crippen molar-refractivity contribution in [2.75, 3.05) is 31.3 Å². The number of nitro benzene ring substituents is 1. The number of sulfonamides is 1. The number of amides is 1. The lowest BCUT2D eigenvalue weighted by Gasteiger charge is -2.15. The second-order valence-corrected chi connectivity index (χ2v) is 8.55. The van der Waals surface area contributed by atoms with Crippen LogP contribution in [-0.2, 0) is 14.8 Å². The quantitative estimate of drug-likeness (QED) is 0.538. The van der Waals surface area contributed by atoms with Gasteiger partial charge < -0.3 is 10.6 Å². The van der Waals surface area contributed by atoms with Crippen molar-refractivity contribution in [2.24, 2.45) is 0 Å². The molecule has 0 unspecified atom stereocenters. The first-order valence-electron chi connectivity index (χ1n) is 8.34. The first-order valence-corrected chi connectivity index (χ1v) is 9.78. The predicted molar refractivity (Wildman–Crippen MR) is 107 cm³/mol. The number of carbonyl (C=O) groups is 1. The van der Waals surface area contributed by atoms with Crippen LogP contribution >= 0.6 is 0 Å². The van der Waals surface area contributed by atoms with Crippen LogP contribution in [0.5, 0.6) is 0 Å². The minimum Gasteiger partial charge on any atom is -0.376 e. The van der Waals surface area contributed by atoms with Gasteiger partial charge in [0.05, 0.1) is 16.4 Å². The van der Waals surface area contributed by atoms with E-state index in [1.807, 2.05) is 0 Å². The van der Waals surface area contributed by atoms with Gasteiger partial charge in [0.2, 0.25) is 15.9 Å². The van der Waals surface area contributed by atoms with Crippen molar-refractivity contribution in [3.8, 4) is 0 Å². The van der Waals surface area contributed by atoms with E-state index in [2.05, 4.69) is 10.6 Å². The normalized spacial score (nSPS) is 11.3. The largest absolute Gasteiger partial charge is 0.376 e. The summed E-state index contributed by atoms with van der Waals surface area (Å²) in [7, 11) is -0.745. The first kappa shape index (κ1) is 21.3. The van der Waals surface area contributed by atoms with Crippen molar-refractivity contribution in [3.05, 3.63) is 57.6 Å². The molecule has 28 heavy (non-hydrogen) atoms. The third-order valence-corrected chi connectivity index (χ3v) is 6.05. The van der Waals surface area contributed by atoms with E-state index >= 15 is 0 Å². The van der Waals surface area contributed by atoms with Gasteiger partial charge in [0.1, 0.15) is 0 Å². The summed E-state index contributed by atoms with van der Waals surface area (Å²) in [4.78, 5) is 22.6. The van der Waals surface area contributed by atoms with Gasteiger partial charge >= 0.3 is 0 Å². The van der Waals surface area contributed by atoms with Crippen molar-refractivity contribution in [3.63, 3.8) is 0 Å². The van der Waals surface area contributed by atoms with Crippen LogP contribution in [0.4, 0.5) is 17.1 Å². The van der Waals surface area contributed by atoms with E-state index < -0.39 is 14.9 Å². The van der Waals surface area contributed by atoms with Crippen LogP contribution in [0.25, 0.3) is 0 Å². The molecule has 0 saturated carbocycles. The second kappa shape index (κ2) is 8.36. The zero-order valence-corrected chi connectivity index (χ0v) is 16.8. The van der Waals surface area contributed by atoms with Crippen molar-refractivity contribution in [1.82, 2.24) is 4.31 Å². The van der Waals surface area contributed by atoms with Crippen LogP contribution in [0.15, 0.2) is 41.3 Å². The maximum absolute atomic E-state index is 12.4. The number of aryl methyl sites for hydroxylation is 2. The van der Waals surface area contributed by atoms with E-state index in [0.717, 1.165) is 4.31 Å². The summed E-state index contributed by atoms with van der Waals surface area (Å²) in [5.41, 5.74) is 2.14. The summed E-state index contributed by atoms with van der Waals surface area (Å²) in [5.74, 6) is -0.380. The molecule has 0 bridgehead atoms. The highest BCUT2D eigenvalue weighted by Gasteiger charge is 2.20. The molecular weight excluding hydrogens is 384 g/mol. The summed E-state index contributed by atoms with van der Waals surface area (Å²) in [6.07, 6.45) is 0. The summed E-state index contributed by atoms with van der Waals surface area (Å²) < 4.78 is 25.8. The second-order valence-electron chi connectivity index (χ2n) is 6.43. The molecule has 10 heteroatoms. The monoisotopic (exact) mass is 406 g/mol. The fraction of sp³-hybridized carbons (Fsp3) is 0.278. The number of nitrogens with zero attached hydrogens (tertiary/aromatic N) is 2. The van der Waals surface area contributed by atoms with E-state index in [0.29, 0.717) is 22.5 Å². The molecule has 0 atom stereocenters. The van der Waals surface area contributed by atoms with Crippen LogP contribution in [0.1, 0.15) is 11.1 Å². The van der Waals surface area contributed by atoms with Gasteiger partial charge in [-0.05, 0) is 43.2 Å². The number of non-ortho nitro benzene ring substituents is 1. The smallest absolute Gasteiger partial charge is 0.269 e. The SMILES string of the molecule is Cc1cc([N+](=O)[O-])ccc1NCC(=O)Nc1ccc(C)c(S(=O)(=O)N(C)C)c1. The Morgan fingerprint density at radius 2 is 1.79 bits per heavy atom. The van der Waals surface area contributed by atoms with Gasteiger partial charge in [-0.1, -0.05) is 6.07 Å². The van der Waals surface area contributed by atoms with Gasteiger partial charge in [-0.25, -0.2) is 12.7 Å². The zero-order chi connectivity index (χ0) is 21.1. The standard InChI is InChI=1S/C18H22N4O5S/c1-12-5-6-14(10-17(12)28(26,27)21(3)4)20-18(23)11-19-16-8-7-15(22(24)25)9-13(16)2/h5-10,19H,11H2,1-4H3,(H,20,23). The number of hydrogen-bond donors (Lipinski definition) is 2. The summed E-state index contributed by atoms with van der Waals surface area (Å²) in [6.45, 7) is 3.30. The van der Waals surface area contributed by atoms with E-state index in [-0.39, 0.29) is 23.0 Å². The Morgan fingerprint density at radius 1 is 1.11 bits per heavy atom. The summed E-state index contributed by atoms with van der Waals surface area (Å²) >= 11 is 0. The molecule has 2 rings (SSSR count). The average molecular weight is 406 g/mol. The molecule has 0 spiro atoms. The van der Waals surface area contributed by atoms with Gasteiger partial charge in [-0.15, -0.1) is 0 Å². The molecule has 0 heterocycles. The maximum Gasteiger partial charge on any atom is 0.269 e. The molecule has 1 amide bonds. The Kier molecular flexibility index (Phi) is 6.37. The van der Waals surface area contributed by atoms with E-state index in [1.54, 1.807) is 26.0 Å². The molecule has 2 aromatic carbocycles. The average Bonchev–Trinajstić information content (AvgIpc) is 2.61. The van der Waals surface area contributed by atoms with Gasteiger partial charge in [0.15, 0.2) is 0 Å². The van der Waals surface area contributed by atoms with Crippen LogP contribution < -0.4 is 10.6 Å². The van der Waals surface area contributed by atoms with E-state index in [1.165, 1.54) is 38.4 Å². The fourth-order valence-electron chi connectivity index (χ4n) is 2.49. The Labute approximate surface area is 163 Å². The van der Waals surface area contributed by atoms with Crippen LogP contribution in [0.3, 0.4) is 0 Å². The molecule has 2 N–H and O–H groups in total. The van der Waals surface area contributed by atoms with Crippen molar-refractivity contribution >= 4 is 33.0 Å². The number of carbonyl (C=O) groups excluding carboxylic acids is 1. The minimum absolute atomic E-state index is 0.0261. The Balaban J connectivity index is 2.09. The molecule has 0 fully saturated rings. The van der Waals surface area contributed by atoms with Crippen LogP contribution in [0.2, 0.25) is 0 Å². The third kappa shape index (κ3) is 4.84. The topological polar surface area (TPSA) is 122 Å². The molecule has 0 aromatic heterocycles. The lowest BCUT2D eigenvalue weighted by Crippen LogP contribution is -2.24. The molecule has 0 radical (unpaired) electrons. The lowest BCUT2D eigenvalue weighted by molar-refractivity contribution is -0.384. The molecule has 9 nitrogen and oxygen atoms in total. The molecule has 0 saturated heterocycles. The highest BCUT2D eigenvalue weighted by atomic mass is 32.2. The fourth-order valence-corrected chi connectivity index (χ4v) is 3.64. The molecule has 150 valence electrons. The van der Waals surface area contributed by atoms with Crippen LogP contribution in [0, 0.1) is 24.0 Å². The molecular formula is C18H22N4O5S. The number of anilines is 2. The van der Waals surface area contributed by atoms with Gasteiger partial charge in [-0.3, -0.25) is 14.9 Å². The maximum atomic E-state index is 12.4. The summed E-state index contributed by atoms with van der Waals surface area (Å²) in [6, 6.07) is 8.97. The van der Waals surface area contributed by atoms with Gasteiger partial charge in [0, 0.05) is 37.6 Å². The lowest BCUT2D eigenvalue weighted by atomic mass is 10.2. The molecule has 2 aromatic rings. The molecule has 0 aliphatic heterocycles. The Hall–Kier alpha value is -2.98. The highest BCUT2D eigenvalue weighted by molar-refractivity contribution is 7.89. The predicted octanol–water partition coefficient (Wildman–Crippen LogP) is 2.51. The van der Waals surface area contributed by atoms with E-state index in [4.69, 9.17) is 0 Å². The Morgan fingerprint density at radius 3 is 2.36 bits per heavy atom. The minimum atomic E-state index is -3.63.